The smallest absolute Gasteiger partial charge is 0.311 e. The van der Waals surface area contributed by atoms with E-state index in [9.17, 15) is 4.79 Å². The van der Waals surface area contributed by atoms with E-state index in [1.807, 2.05) is 0 Å². The SMILES string of the molecule is CC(C)c1cccc(C(C)C)c1OC(=O)CC1(C(C)C)CCCCC1. The zero-order valence-corrected chi connectivity index (χ0v) is 17.0. The fourth-order valence-corrected chi connectivity index (χ4v) is 4.25. The molecule has 1 fully saturated rings. The molecule has 0 atom stereocenters. The largest absolute Gasteiger partial charge is 0.426 e. The Bertz CT molecular complexity index is 552. The number of benzene rings is 1. The summed E-state index contributed by atoms with van der Waals surface area (Å²) in [5, 5.41) is 0. The van der Waals surface area contributed by atoms with Crippen molar-refractivity contribution in [2.75, 3.05) is 0 Å². The van der Waals surface area contributed by atoms with E-state index in [1.165, 1.54) is 19.3 Å². The van der Waals surface area contributed by atoms with E-state index in [2.05, 4.69) is 59.7 Å². The molecule has 0 N–H and O–H groups in total. The molecular weight excluding hydrogens is 308 g/mol. The number of hydrogen-bond donors (Lipinski definition) is 0. The van der Waals surface area contributed by atoms with Crippen molar-refractivity contribution in [3.05, 3.63) is 29.3 Å². The van der Waals surface area contributed by atoms with Crippen LogP contribution in [0.4, 0.5) is 0 Å². The summed E-state index contributed by atoms with van der Waals surface area (Å²) in [5.74, 6) is 1.97. The van der Waals surface area contributed by atoms with Crippen molar-refractivity contribution < 1.29 is 9.53 Å². The number of carbonyl (C=O) groups excluding carboxylic acids is 1. The minimum absolute atomic E-state index is 0.0504. The van der Waals surface area contributed by atoms with Crippen molar-refractivity contribution in [2.45, 2.75) is 91.9 Å². The minimum atomic E-state index is -0.0504. The van der Waals surface area contributed by atoms with Crippen LogP contribution in [0.5, 0.6) is 5.75 Å². The lowest BCUT2D eigenvalue weighted by Gasteiger charge is -2.40. The molecule has 0 spiro atoms. The van der Waals surface area contributed by atoms with Crippen LogP contribution in [0.15, 0.2) is 18.2 Å². The van der Waals surface area contributed by atoms with Crippen molar-refractivity contribution in [1.82, 2.24) is 0 Å². The van der Waals surface area contributed by atoms with E-state index in [-0.39, 0.29) is 11.4 Å². The Kier molecular flexibility index (Phi) is 6.71. The summed E-state index contributed by atoms with van der Waals surface area (Å²) >= 11 is 0. The molecule has 1 aromatic carbocycles. The normalized spacial score (nSPS) is 17.3. The van der Waals surface area contributed by atoms with E-state index in [0.29, 0.717) is 24.2 Å². The summed E-state index contributed by atoms with van der Waals surface area (Å²) in [5.41, 5.74) is 2.41. The first-order valence-electron chi connectivity index (χ1n) is 10.1. The van der Waals surface area contributed by atoms with Gasteiger partial charge in [-0.25, -0.2) is 0 Å². The fourth-order valence-electron chi connectivity index (χ4n) is 4.25. The average Bonchev–Trinajstić information content (AvgIpc) is 2.55. The molecule has 0 aromatic heterocycles. The van der Waals surface area contributed by atoms with Crippen LogP contribution < -0.4 is 4.74 Å². The summed E-state index contributed by atoms with van der Waals surface area (Å²) in [7, 11) is 0. The Morgan fingerprint density at radius 1 is 0.960 bits per heavy atom. The van der Waals surface area contributed by atoms with Crippen molar-refractivity contribution in [2.24, 2.45) is 11.3 Å². The Morgan fingerprint density at radius 2 is 1.48 bits per heavy atom. The van der Waals surface area contributed by atoms with E-state index >= 15 is 0 Å². The molecule has 0 saturated heterocycles. The molecule has 1 aliphatic carbocycles. The van der Waals surface area contributed by atoms with Crippen LogP contribution in [-0.4, -0.2) is 5.97 Å². The highest BCUT2D eigenvalue weighted by atomic mass is 16.5. The first kappa shape index (κ1) is 20.0. The van der Waals surface area contributed by atoms with Gasteiger partial charge in [-0.15, -0.1) is 0 Å². The van der Waals surface area contributed by atoms with Gasteiger partial charge in [0.05, 0.1) is 6.42 Å². The summed E-state index contributed by atoms with van der Waals surface area (Å²) in [4.78, 5) is 12.9. The highest BCUT2D eigenvalue weighted by Crippen LogP contribution is 2.46. The third-order valence-electron chi connectivity index (χ3n) is 6.11. The molecule has 1 saturated carbocycles. The summed E-state index contributed by atoms with van der Waals surface area (Å²) in [6, 6.07) is 6.27. The topological polar surface area (TPSA) is 26.3 Å². The highest BCUT2D eigenvalue weighted by molar-refractivity contribution is 5.74. The van der Waals surface area contributed by atoms with Crippen molar-refractivity contribution in [3.63, 3.8) is 0 Å². The molecule has 140 valence electrons. The second kappa shape index (κ2) is 8.38. The Balaban J connectivity index is 2.25. The van der Waals surface area contributed by atoms with E-state index < -0.39 is 0 Å². The lowest BCUT2D eigenvalue weighted by atomic mass is 9.65. The predicted molar refractivity (Wildman–Crippen MR) is 105 cm³/mol. The molecule has 25 heavy (non-hydrogen) atoms. The second-order valence-electron chi connectivity index (χ2n) is 8.80. The van der Waals surface area contributed by atoms with Gasteiger partial charge >= 0.3 is 5.97 Å². The third-order valence-corrected chi connectivity index (χ3v) is 6.11. The van der Waals surface area contributed by atoms with E-state index in [1.54, 1.807) is 0 Å². The molecule has 0 unspecified atom stereocenters. The molecule has 0 aliphatic heterocycles. The van der Waals surface area contributed by atoms with Gasteiger partial charge in [-0.1, -0.05) is 79.0 Å². The number of esters is 1. The maximum Gasteiger partial charge on any atom is 0.311 e. The second-order valence-corrected chi connectivity index (χ2v) is 8.80. The number of rotatable bonds is 6. The van der Waals surface area contributed by atoms with E-state index in [0.717, 1.165) is 29.7 Å². The van der Waals surface area contributed by atoms with Gasteiger partial charge in [-0.05, 0) is 47.1 Å². The molecule has 0 amide bonds. The van der Waals surface area contributed by atoms with Crippen LogP contribution in [0.2, 0.25) is 0 Å². The first-order chi connectivity index (χ1) is 11.8. The maximum absolute atomic E-state index is 12.9. The molecule has 1 aromatic rings. The van der Waals surface area contributed by atoms with Crippen LogP contribution in [0, 0.1) is 11.3 Å². The predicted octanol–water partition coefficient (Wildman–Crippen LogP) is 6.84. The third kappa shape index (κ3) is 4.65. The number of para-hydroxylation sites is 1. The van der Waals surface area contributed by atoms with Crippen molar-refractivity contribution in [1.29, 1.82) is 0 Å². The molecule has 0 heterocycles. The molecule has 0 radical (unpaired) electrons. The molecule has 1 aliphatic rings. The van der Waals surface area contributed by atoms with Gasteiger partial charge in [0.2, 0.25) is 0 Å². The van der Waals surface area contributed by atoms with Gasteiger partial charge in [-0.3, -0.25) is 4.79 Å². The maximum atomic E-state index is 12.9. The Morgan fingerprint density at radius 3 is 1.92 bits per heavy atom. The summed E-state index contributed by atoms with van der Waals surface area (Å²) in [6.07, 6.45) is 6.65. The molecule has 0 bridgehead atoms. The molecule has 2 heteroatoms. The van der Waals surface area contributed by atoms with Crippen molar-refractivity contribution >= 4 is 5.97 Å². The number of ether oxygens (including phenoxy) is 1. The van der Waals surface area contributed by atoms with Crippen LogP contribution in [0.3, 0.4) is 0 Å². The van der Waals surface area contributed by atoms with Crippen LogP contribution in [-0.2, 0) is 4.79 Å². The van der Waals surface area contributed by atoms with Gasteiger partial charge in [0.15, 0.2) is 0 Å². The van der Waals surface area contributed by atoms with Gasteiger partial charge in [0.25, 0.3) is 0 Å². The standard InChI is InChI=1S/C23H36O2/c1-16(2)19-11-10-12-20(17(3)4)22(19)25-21(24)15-23(18(5)6)13-8-7-9-14-23/h10-12,16-18H,7-9,13-15H2,1-6H3. The fraction of sp³-hybridized carbons (Fsp3) is 0.696. The van der Waals surface area contributed by atoms with Crippen LogP contribution in [0.25, 0.3) is 0 Å². The van der Waals surface area contributed by atoms with Gasteiger partial charge in [-0.2, -0.15) is 0 Å². The van der Waals surface area contributed by atoms with Crippen LogP contribution in [0.1, 0.15) is 103 Å². The zero-order valence-electron chi connectivity index (χ0n) is 17.0. The molecular formula is C23H36O2. The number of hydrogen-bond acceptors (Lipinski definition) is 2. The molecule has 2 rings (SSSR count). The quantitative estimate of drug-likeness (QED) is 0.417. The summed E-state index contributed by atoms with van der Waals surface area (Å²) in [6.45, 7) is 13.2. The highest BCUT2D eigenvalue weighted by Gasteiger charge is 2.38. The van der Waals surface area contributed by atoms with E-state index in [4.69, 9.17) is 4.74 Å². The Labute approximate surface area is 154 Å². The van der Waals surface area contributed by atoms with Crippen molar-refractivity contribution in [3.8, 4) is 5.75 Å². The summed E-state index contributed by atoms with van der Waals surface area (Å²) < 4.78 is 6.04. The minimum Gasteiger partial charge on any atom is -0.426 e. The Hall–Kier alpha value is -1.31. The average molecular weight is 345 g/mol. The van der Waals surface area contributed by atoms with Gasteiger partial charge < -0.3 is 4.74 Å². The van der Waals surface area contributed by atoms with Gasteiger partial charge in [0, 0.05) is 0 Å². The van der Waals surface area contributed by atoms with Gasteiger partial charge in [0.1, 0.15) is 5.75 Å². The zero-order chi connectivity index (χ0) is 18.6. The molecule has 2 nitrogen and oxygen atoms in total. The lowest BCUT2D eigenvalue weighted by molar-refractivity contribution is -0.138. The lowest BCUT2D eigenvalue weighted by Crippen LogP contribution is -2.34. The first-order valence-corrected chi connectivity index (χ1v) is 10.1. The number of carbonyl (C=O) groups is 1. The van der Waals surface area contributed by atoms with Crippen LogP contribution >= 0.6 is 0 Å². The monoisotopic (exact) mass is 344 g/mol.